The smallest absolute Gasteiger partial charge is 0.115 e. The highest BCUT2D eigenvalue weighted by molar-refractivity contribution is 5.56. The summed E-state index contributed by atoms with van der Waals surface area (Å²) in [7, 11) is 0. The van der Waals surface area contributed by atoms with Crippen LogP contribution in [0.2, 0.25) is 0 Å². The van der Waals surface area contributed by atoms with Gasteiger partial charge in [0.25, 0.3) is 0 Å². The standard InChI is InChI=1S/C30H30O2/c1-3-29(23-11-7-5-8-12-23,25-15-19-27(31)20-16-25)30(4-2,24-13-9-6-10-14-24)26-17-21-28(32)22-18-26/h5-22,31-32H,3-4H2,1-2H3. The van der Waals surface area contributed by atoms with E-state index in [-0.39, 0.29) is 11.5 Å². The molecule has 0 amide bonds. The lowest BCUT2D eigenvalue weighted by Gasteiger charge is -2.52. The summed E-state index contributed by atoms with van der Waals surface area (Å²) in [5.41, 5.74) is 3.95. The lowest BCUT2D eigenvalue weighted by atomic mass is 9.49. The lowest BCUT2D eigenvalue weighted by Crippen LogP contribution is -2.50. The van der Waals surface area contributed by atoms with E-state index in [1.807, 2.05) is 0 Å². The number of hydrogen-bond donors (Lipinski definition) is 2. The Balaban J connectivity index is 2.17. The van der Waals surface area contributed by atoms with Crippen LogP contribution in [-0.2, 0) is 10.8 Å². The molecular weight excluding hydrogens is 392 g/mol. The van der Waals surface area contributed by atoms with Gasteiger partial charge in [-0.05, 0) is 59.4 Å². The van der Waals surface area contributed by atoms with Crippen molar-refractivity contribution < 1.29 is 10.2 Å². The van der Waals surface area contributed by atoms with Crippen LogP contribution < -0.4 is 0 Å². The van der Waals surface area contributed by atoms with Crippen molar-refractivity contribution in [3.8, 4) is 11.5 Å². The van der Waals surface area contributed by atoms with Gasteiger partial charge in [0.05, 0.1) is 0 Å². The molecule has 0 aliphatic carbocycles. The maximum absolute atomic E-state index is 10.1. The molecule has 0 aliphatic heterocycles. The SMILES string of the molecule is CCC(c1ccccc1)(c1ccc(O)cc1)C(CC)(c1ccccc1)c1ccc(O)cc1. The van der Waals surface area contributed by atoms with Gasteiger partial charge in [-0.15, -0.1) is 0 Å². The molecule has 0 radical (unpaired) electrons. The summed E-state index contributed by atoms with van der Waals surface area (Å²) in [6.07, 6.45) is 1.71. The minimum absolute atomic E-state index is 0.262. The molecule has 2 heteroatoms. The molecule has 32 heavy (non-hydrogen) atoms. The predicted octanol–water partition coefficient (Wildman–Crippen LogP) is 7.19. The van der Waals surface area contributed by atoms with E-state index in [2.05, 4.69) is 98.8 Å². The number of phenols is 2. The van der Waals surface area contributed by atoms with Crippen molar-refractivity contribution in [1.29, 1.82) is 0 Å². The van der Waals surface area contributed by atoms with E-state index >= 15 is 0 Å². The summed E-state index contributed by atoms with van der Waals surface area (Å²) >= 11 is 0. The number of aromatic hydroxyl groups is 2. The molecule has 0 heterocycles. The van der Waals surface area contributed by atoms with Gasteiger partial charge in [-0.2, -0.15) is 0 Å². The molecule has 0 aliphatic rings. The molecule has 0 fully saturated rings. The quantitative estimate of drug-likeness (QED) is 0.331. The van der Waals surface area contributed by atoms with Crippen LogP contribution in [0.5, 0.6) is 11.5 Å². The van der Waals surface area contributed by atoms with Gasteiger partial charge >= 0.3 is 0 Å². The Morgan fingerprint density at radius 3 is 1.00 bits per heavy atom. The third-order valence-electron chi connectivity index (χ3n) is 7.04. The fourth-order valence-electron chi connectivity index (χ4n) is 5.68. The van der Waals surface area contributed by atoms with Gasteiger partial charge in [0.15, 0.2) is 0 Å². The van der Waals surface area contributed by atoms with Crippen LogP contribution in [0.1, 0.15) is 48.9 Å². The van der Waals surface area contributed by atoms with Gasteiger partial charge in [-0.3, -0.25) is 0 Å². The van der Waals surface area contributed by atoms with Crippen molar-refractivity contribution in [2.24, 2.45) is 0 Å². The van der Waals surface area contributed by atoms with Gasteiger partial charge in [0.2, 0.25) is 0 Å². The molecule has 2 unspecified atom stereocenters. The molecule has 2 nitrogen and oxygen atoms in total. The number of hydrogen-bond acceptors (Lipinski definition) is 2. The zero-order chi connectivity index (χ0) is 22.6. The van der Waals surface area contributed by atoms with Crippen LogP contribution in [0.3, 0.4) is 0 Å². The Bertz CT molecular complexity index is 1040. The van der Waals surface area contributed by atoms with E-state index in [4.69, 9.17) is 0 Å². The molecule has 2 N–H and O–H groups in total. The maximum atomic E-state index is 10.1. The van der Waals surface area contributed by atoms with Crippen LogP contribution in [-0.4, -0.2) is 10.2 Å². The van der Waals surface area contributed by atoms with Gasteiger partial charge in [0, 0.05) is 10.8 Å². The third-order valence-corrected chi connectivity index (χ3v) is 7.04. The van der Waals surface area contributed by atoms with Crippen LogP contribution in [0.15, 0.2) is 109 Å². The Kier molecular flexibility index (Phi) is 6.05. The largest absolute Gasteiger partial charge is 0.508 e. The minimum Gasteiger partial charge on any atom is -0.508 e. The topological polar surface area (TPSA) is 40.5 Å². The third kappa shape index (κ3) is 3.36. The van der Waals surface area contributed by atoms with Gasteiger partial charge in [-0.1, -0.05) is 98.8 Å². The molecule has 2 atom stereocenters. The lowest BCUT2D eigenvalue weighted by molar-refractivity contribution is 0.285. The maximum Gasteiger partial charge on any atom is 0.115 e. The fraction of sp³-hybridized carbons (Fsp3) is 0.200. The Morgan fingerprint density at radius 1 is 0.438 bits per heavy atom. The van der Waals surface area contributed by atoms with Gasteiger partial charge in [0.1, 0.15) is 11.5 Å². The van der Waals surface area contributed by atoms with E-state index in [1.165, 1.54) is 11.1 Å². The highest BCUT2D eigenvalue weighted by Gasteiger charge is 2.53. The first-order valence-corrected chi connectivity index (χ1v) is 11.3. The Hall–Kier alpha value is -3.52. The first-order valence-electron chi connectivity index (χ1n) is 11.3. The normalized spacial score (nSPS) is 14.9. The summed E-state index contributed by atoms with van der Waals surface area (Å²) in [5.74, 6) is 0.525. The second-order valence-corrected chi connectivity index (χ2v) is 8.34. The Labute approximate surface area is 190 Å². The van der Waals surface area contributed by atoms with Crippen molar-refractivity contribution in [3.05, 3.63) is 131 Å². The van der Waals surface area contributed by atoms with Crippen LogP contribution in [0.4, 0.5) is 0 Å². The zero-order valence-corrected chi connectivity index (χ0v) is 18.7. The average molecular weight is 423 g/mol. The van der Waals surface area contributed by atoms with Crippen molar-refractivity contribution >= 4 is 0 Å². The molecule has 0 bridgehead atoms. The fourth-order valence-corrected chi connectivity index (χ4v) is 5.68. The molecule has 0 spiro atoms. The molecule has 4 aromatic carbocycles. The Morgan fingerprint density at radius 2 is 0.719 bits per heavy atom. The van der Waals surface area contributed by atoms with Crippen LogP contribution >= 0.6 is 0 Å². The minimum atomic E-state index is -0.408. The number of phenolic OH excluding ortho intramolecular Hbond substituents is 2. The van der Waals surface area contributed by atoms with Crippen molar-refractivity contribution in [2.75, 3.05) is 0 Å². The first kappa shape index (κ1) is 21.7. The van der Waals surface area contributed by atoms with Crippen LogP contribution in [0, 0.1) is 0 Å². The van der Waals surface area contributed by atoms with Crippen molar-refractivity contribution in [1.82, 2.24) is 0 Å². The molecule has 4 rings (SSSR count). The van der Waals surface area contributed by atoms with Crippen molar-refractivity contribution in [3.63, 3.8) is 0 Å². The second-order valence-electron chi connectivity index (χ2n) is 8.34. The van der Waals surface area contributed by atoms with E-state index in [9.17, 15) is 10.2 Å². The van der Waals surface area contributed by atoms with Crippen molar-refractivity contribution in [2.45, 2.75) is 37.5 Å². The van der Waals surface area contributed by atoms with Crippen LogP contribution in [0.25, 0.3) is 0 Å². The summed E-state index contributed by atoms with van der Waals surface area (Å²) < 4.78 is 0. The van der Waals surface area contributed by atoms with E-state index < -0.39 is 10.8 Å². The summed E-state index contributed by atoms with van der Waals surface area (Å²) in [6, 6.07) is 36.7. The molecule has 4 aromatic rings. The second kappa shape index (κ2) is 8.92. The molecule has 0 aromatic heterocycles. The molecule has 162 valence electrons. The highest BCUT2D eigenvalue weighted by atomic mass is 16.3. The van der Waals surface area contributed by atoms with E-state index in [0.29, 0.717) is 0 Å². The molecule has 0 saturated heterocycles. The first-order chi connectivity index (χ1) is 15.6. The summed E-state index contributed by atoms with van der Waals surface area (Å²) in [5, 5.41) is 20.1. The van der Waals surface area contributed by atoms with Gasteiger partial charge < -0.3 is 10.2 Å². The summed E-state index contributed by atoms with van der Waals surface area (Å²) in [6.45, 7) is 4.49. The predicted molar refractivity (Wildman–Crippen MR) is 131 cm³/mol. The zero-order valence-electron chi connectivity index (χ0n) is 18.7. The summed E-state index contributed by atoms with van der Waals surface area (Å²) in [4.78, 5) is 0. The average Bonchev–Trinajstić information content (AvgIpc) is 2.85. The highest BCUT2D eigenvalue weighted by Crippen LogP contribution is 2.56. The molecular formula is C30H30O2. The number of benzene rings is 4. The monoisotopic (exact) mass is 422 g/mol. The van der Waals surface area contributed by atoms with E-state index in [1.54, 1.807) is 24.3 Å². The van der Waals surface area contributed by atoms with Gasteiger partial charge in [-0.25, -0.2) is 0 Å². The molecule has 0 saturated carbocycles. The van der Waals surface area contributed by atoms with E-state index in [0.717, 1.165) is 24.0 Å². The number of rotatable bonds is 7.